The Kier molecular flexibility index (Phi) is 3.19. The average Bonchev–Trinajstić information content (AvgIpc) is 2.09. The summed E-state index contributed by atoms with van der Waals surface area (Å²) in [5.41, 5.74) is 0.0469. The first-order valence-electron chi connectivity index (χ1n) is 3.93. The predicted molar refractivity (Wildman–Crippen MR) is 52.3 cm³/mol. The molecule has 0 amide bonds. The fraction of sp³-hybridized carbons (Fsp3) is 0.375. The first kappa shape index (κ1) is 10.6. The summed E-state index contributed by atoms with van der Waals surface area (Å²) >= 11 is 4.84. The van der Waals surface area contributed by atoms with Crippen LogP contribution in [-0.4, -0.2) is 15.5 Å². The summed E-state index contributed by atoms with van der Waals surface area (Å²) < 4.78 is 6.61. The third-order valence-corrected chi connectivity index (χ3v) is 2.00. The monoisotopic (exact) mass is 214 g/mol. The summed E-state index contributed by atoms with van der Waals surface area (Å²) in [6.45, 7) is 1.25. The summed E-state index contributed by atoms with van der Waals surface area (Å²) in [6.07, 6.45) is 1.55. The molecule has 0 unspecified atom stereocenters. The lowest BCUT2D eigenvalue weighted by Crippen LogP contribution is -2.18. The number of carbonyl (C=O) groups excluding carboxylic acids is 1. The molecule has 0 atom stereocenters. The summed E-state index contributed by atoms with van der Waals surface area (Å²) in [5.74, 6) is -0.422. The number of aromatic nitrogens is 2. The fourth-order valence-corrected chi connectivity index (χ4v) is 1.04. The molecule has 6 heteroatoms. The van der Waals surface area contributed by atoms with E-state index in [-0.39, 0.29) is 12.2 Å². The molecule has 5 nitrogen and oxygen atoms in total. The number of carbonyl (C=O) groups is 1. The van der Waals surface area contributed by atoms with Gasteiger partial charge in [-0.1, -0.05) is 0 Å². The molecular weight excluding hydrogens is 204 g/mol. The molecule has 1 rings (SSSR count). The van der Waals surface area contributed by atoms with E-state index in [0.717, 1.165) is 0 Å². The summed E-state index contributed by atoms with van der Waals surface area (Å²) in [7, 11) is 1.70. The number of aryl methyl sites for hydroxylation is 1. The van der Waals surface area contributed by atoms with Gasteiger partial charge in [-0.25, -0.2) is 0 Å². The van der Waals surface area contributed by atoms with E-state index in [0.29, 0.717) is 10.3 Å². The molecule has 76 valence electrons. The van der Waals surface area contributed by atoms with Gasteiger partial charge in [-0.05, 0) is 12.2 Å². The molecule has 0 bridgehead atoms. The number of nitrogens with zero attached hydrogens (tertiary/aromatic N) is 1. The summed E-state index contributed by atoms with van der Waals surface area (Å²) in [5, 5.41) is 0. The Balaban J connectivity index is 2.99. The largest absolute Gasteiger partial charge is 0.461 e. The highest BCUT2D eigenvalue weighted by Crippen LogP contribution is 1.94. The molecule has 0 aliphatic heterocycles. The second-order valence-corrected chi connectivity index (χ2v) is 3.19. The molecule has 0 saturated carbocycles. The second-order valence-electron chi connectivity index (χ2n) is 2.80. The Morgan fingerprint density at radius 3 is 2.93 bits per heavy atom. The molecule has 0 spiro atoms. The van der Waals surface area contributed by atoms with Crippen LogP contribution in [0.25, 0.3) is 0 Å². The first-order valence-corrected chi connectivity index (χ1v) is 4.33. The zero-order valence-corrected chi connectivity index (χ0v) is 8.68. The van der Waals surface area contributed by atoms with Crippen LogP contribution in [0.2, 0.25) is 0 Å². The summed E-state index contributed by atoms with van der Waals surface area (Å²) in [6, 6.07) is 0. The van der Waals surface area contributed by atoms with E-state index in [4.69, 9.17) is 17.0 Å². The van der Waals surface area contributed by atoms with Crippen LogP contribution in [0.3, 0.4) is 0 Å². The third-order valence-electron chi connectivity index (χ3n) is 1.61. The zero-order chi connectivity index (χ0) is 10.7. The van der Waals surface area contributed by atoms with Crippen molar-refractivity contribution in [3.8, 4) is 0 Å². The smallest absolute Gasteiger partial charge is 0.302 e. The van der Waals surface area contributed by atoms with E-state index in [1.807, 2.05) is 0 Å². The maximum atomic E-state index is 11.3. The number of nitrogens with one attached hydrogen (secondary N) is 1. The van der Waals surface area contributed by atoms with Crippen LogP contribution in [0.5, 0.6) is 0 Å². The van der Waals surface area contributed by atoms with Crippen molar-refractivity contribution in [1.82, 2.24) is 9.55 Å². The van der Waals surface area contributed by atoms with Crippen LogP contribution in [0.15, 0.2) is 11.0 Å². The molecule has 1 aromatic rings. The first-order chi connectivity index (χ1) is 6.50. The van der Waals surface area contributed by atoms with Crippen LogP contribution < -0.4 is 5.56 Å². The van der Waals surface area contributed by atoms with Gasteiger partial charge in [-0.15, -0.1) is 0 Å². The van der Waals surface area contributed by atoms with Crippen molar-refractivity contribution in [3.05, 3.63) is 26.9 Å². The van der Waals surface area contributed by atoms with E-state index >= 15 is 0 Å². The van der Waals surface area contributed by atoms with Crippen LogP contribution in [0.4, 0.5) is 0 Å². The molecule has 0 radical (unpaired) electrons. The van der Waals surface area contributed by atoms with Crippen LogP contribution in [0, 0.1) is 4.77 Å². The Bertz CT molecular complexity index is 460. The van der Waals surface area contributed by atoms with E-state index in [1.165, 1.54) is 6.92 Å². The Morgan fingerprint density at radius 1 is 1.71 bits per heavy atom. The minimum absolute atomic E-state index is 0.0336. The SMILES string of the molecule is CC(=O)OCc1cn(C)c(=S)[nH]c1=O. The van der Waals surface area contributed by atoms with Gasteiger partial charge in [0.2, 0.25) is 0 Å². The van der Waals surface area contributed by atoms with Crippen molar-refractivity contribution in [3.63, 3.8) is 0 Å². The van der Waals surface area contributed by atoms with Gasteiger partial charge in [0.25, 0.3) is 5.56 Å². The average molecular weight is 214 g/mol. The lowest BCUT2D eigenvalue weighted by Gasteiger charge is -2.03. The molecule has 0 aromatic carbocycles. The maximum absolute atomic E-state index is 11.3. The lowest BCUT2D eigenvalue weighted by molar-refractivity contribution is -0.142. The normalized spacial score (nSPS) is 9.86. The quantitative estimate of drug-likeness (QED) is 0.575. The highest BCUT2D eigenvalue weighted by molar-refractivity contribution is 7.71. The maximum Gasteiger partial charge on any atom is 0.302 e. The van der Waals surface area contributed by atoms with Crippen molar-refractivity contribution in [2.24, 2.45) is 7.05 Å². The number of rotatable bonds is 2. The molecule has 1 N–H and O–H groups in total. The van der Waals surface area contributed by atoms with E-state index in [9.17, 15) is 9.59 Å². The van der Waals surface area contributed by atoms with E-state index < -0.39 is 5.97 Å². The fourth-order valence-electron chi connectivity index (χ4n) is 0.899. The number of esters is 1. The van der Waals surface area contributed by atoms with Gasteiger partial charge in [0.15, 0.2) is 4.77 Å². The third kappa shape index (κ3) is 2.53. The van der Waals surface area contributed by atoms with E-state index in [1.54, 1.807) is 17.8 Å². The molecule has 1 heterocycles. The van der Waals surface area contributed by atoms with Gasteiger partial charge in [0, 0.05) is 20.2 Å². The molecule has 1 aromatic heterocycles. The van der Waals surface area contributed by atoms with Gasteiger partial charge in [0.05, 0.1) is 5.56 Å². The predicted octanol–water partition coefficient (Wildman–Crippen LogP) is 0.506. The Labute approximate surface area is 85.3 Å². The minimum atomic E-state index is -0.422. The van der Waals surface area contributed by atoms with Gasteiger partial charge in [-0.3, -0.25) is 14.6 Å². The Morgan fingerprint density at radius 2 is 2.36 bits per heavy atom. The summed E-state index contributed by atoms with van der Waals surface area (Å²) in [4.78, 5) is 24.3. The lowest BCUT2D eigenvalue weighted by atomic mass is 10.3. The number of ether oxygens (including phenoxy) is 1. The van der Waals surface area contributed by atoms with Gasteiger partial charge in [0.1, 0.15) is 6.61 Å². The molecule has 0 aliphatic rings. The number of hydrogen-bond acceptors (Lipinski definition) is 4. The Hall–Kier alpha value is -1.43. The van der Waals surface area contributed by atoms with Crippen molar-refractivity contribution in [2.45, 2.75) is 13.5 Å². The zero-order valence-electron chi connectivity index (χ0n) is 7.86. The van der Waals surface area contributed by atoms with Crippen LogP contribution in [-0.2, 0) is 23.2 Å². The molecular formula is C8H10N2O3S. The van der Waals surface area contributed by atoms with Gasteiger partial charge < -0.3 is 9.30 Å². The number of H-pyrrole nitrogens is 1. The van der Waals surface area contributed by atoms with Crippen molar-refractivity contribution in [2.75, 3.05) is 0 Å². The van der Waals surface area contributed by atoms with Gasteiger partial charge in [-0.2, -0.15) is 0 Å². The van der Waals surface area contributed by atoms with Crippen molar-refractivity contribution < 1.29 is 9.53 Å². The number of aromatic amines is 1. The van der Waals surface area contributed by atoms with Crippen LogP contribution in [0.1, 0.15) is 12.5 Å². The van der Waals surface area contributed by atoms with Crippen LogP contribution >= 0.6 is 12.2 Å². The topological polar surface area (TPSA) is 64.1 Å². The molecule has 0 saturated heterocycles. The highest BCUT2D eigenvalue weighted by Gasteiger charge is 2.02. The molecule has 0 fully saturated rings. The van der Waals surface area contributed by atoms with Gasteiger partial charge >= 0.3 is 5.97 Å². The molecule has 14 heavy (non-hydrogen) atoms. The van der Waals surface area contributed by atoms with Crippen molar-refractivity contribution in [1.29, 1.82) is 0 Å². The van der Waals surface area contributed by atoms with Crippen molar-refractivity contribution >= 4 is 18.2 Å². The second kappa shape index (κ2) is 4.19. The highest BCUT2D eigenvalue weighted by atomic mass is 32.1. The molecule has 0 aliphatic carbocycles. The standard InChI is InChI=1S/C8H10N2O3S/c1-5(11)13-4-6-3-10(2)8(14)9-7(6)12/h3H,4H2,1-2H3,(H,9,12,14). The number of hydrogen-bond donors (Lipinski definition) is 1. The van der Waals surface area contributed by atoms with E-state index in [2.05, 4.69) is 4.98 Å². The minimum Gasteiger partial charge on any atom is -0.461 e.